The Morgan fingerprint density at radius 1 is 1.38 bits per heavy atom. The summed E-state index contributed by atoms with van der Waals surface area (Å²) in [6.07, 6.45) is 5.14. The standard InChI is InChI=1S/C17H20FN3/c1-11-7-14(18)4-5-15(11)17-20-10-13-8-12(9-19-2)3-6-16(13)21-17/h4-5,7,10,12,19H,3,6,8-9H2,1-2H3. The van der Waals surface area contributed by atoms with Crippen LogP contribution >= 0.6 is 0 Å². The van der Waals surface area contributed by atoms with E-state index in [1.165, 1.54) is 17.7 Å². The Morgan fingerprint density at radius 2 is 2.24 bits per heavy atom. The van der Waals surface area contributed by atoms with Crippen LogP contribution in [0.4, 0.5) is 4.39 Å². The molecule has 0 fully saturated rings. The molecule has 0 aliphatic heterocycles. The van der Waals surface area contributed by atoms with E-state index in [9.17, 15) is 4.39 Å². The van der Waals surface area contributed by atoms with Crippen LogP contribution < -0.4 is 5.32 Å². The number of nitrogens with zero attached hydrogens (tertiary/aromatic N) is 2. The van der Waals surface area contributed by atoms with Gasteiger partial charge in [0.2, 0.25) is 0 Å². The predicted octanol–water partition coefficient (Wildman–Crippen LogP) is 2.92. The molecule has 1 atom stereocenters. The molecule has 0 saturated heterocycles. The van der Waals surface area contributed by atoms with Crippen LogP contribution in [0.25, 0.3) is 11.4 Å². The van der Waals surface area contributed by atoms with Gasteiger partial charge in [0.25, 0.3) is 0 Å². The van der Waals surface area contributed by atoms with Crippen molar-refractivity contribution in [2.24, 2.45) is 5.92 Å². The molecule has 21 heavy (non-hydrogen) atoms. The first-order chi connectivity index (χ1) is 10.2. The molecular weight excluding hydrogens is 265 g/mol. The third-order valence-corrected chi connectivity index (χ3v) is 4.17. The summed E-state index contributed by atoms with van der Waals surface area (Å²) < 4.78 is 13.2. The quantitative estimate of drug-likeness (QED) is 0.942. The number of nitrogens with one attached hydrogen (secondary N) is 1. The van der Waals surface area contributed by atoms with Crippen molar-refractivity contribution in [3.8, 4) is 11.4 Å². The Kier molecular flexibility index (Phi) is 3.97. The van der Waals surface area contributed by atoms with Gasteiger partial charge in [0, 0.05) is 17.5 Å². The molecule has 4 heteroatoms. The van der Waals surface area contributed by atoms with E-state index in [-0.39, 0.29) is 5.82 Å². The summed E-state index contributed by atoms with van der Waals surface area (Å²) in [5.41, 5.74) is 4.19. The molecule has 3 rings (SSSR count). The van der Waals surface area contributed by atoms with Gasteiger partial charge in [0.05, 0.1) is 0 Å². The molecule has 110 valence electrons. The second kappa shape index (κ2) is 5.90. The molecule has 1 unspecified atom stereocenters. The lowest BCUT2D eigenvalue weighted by Crippen LogP contribution is -2.25. The van der Waals surface area contributed by atoms with Crippen molar-refractivity contribution in [2.45, 2.75) is 26.2 Å². The van der Waals surface area contributed by atoms with E-state index in [2.05, 4.69) is 10.3 Å². The molecular formula is C17H20FN3. The third kappa shape index (κ3) is 2.95. The highest BCUT2D eigenvalue weighted by Gasteiger charge is 2.20. The number of aromatic nitrogens is 2. The highest BCUT2D eigenvalue weighted by atomic mass is 19.1. The Hall–Kier alpha value is -1.81. The molecule has 3 nitrogen and oxygen atoms in total. The largest absolute Gasteiger partial charge is 0.319 e. The summed E-state index contributed by atoms with van der Waals surface area (Å²) in [7, 11) is 1.99. The minimum absolute atomic E-state index is 0.218. The number of halogens is 1. The summed E-state index contributed by atoms with van der Waals surface area (Å²) in [4.78, 5) is 9.21. The van der Waals surface area contributed by atoms with E-state index < -0.39 is 0 Å². The Bertz CT molecular complexity index is 654. The van der Waals surface area contributed by atoms with Crippen LogP contribution in [0.2, 0.25) is 0 Å². The fraction of sp³-hybridized carbons (Fsp3) is 0.412. The number of rotatable bonds is 3. The third-order valence-electron chi connectivity index (χ3n) is 4.17. The summed E-state index contributed by atoms with van der Waals surface area (Å²) in [5.74, 6) is 1.16. The SMILES string of the molecule is CNCC1CCc2nc(-c3ccc(F)cc3C)ncc2C1. The van der Waals surface area contributed by atoms with E-state index in [1.807, 2.05) is 20.2 Å². The van der Waals surface area contributed by atoms with Crippen molar-refractivity contribution in [1.82, 2.24) is 15.3 Å². The zero-order valence-electron chi connectivity index (χ0n) is 12.5. The highest BCUT2D eigenvalue weighted by molar-refractivity contribution is 5.60. The summed E-state index contributed by atoms with van der Waals surface area (Å²) in [5, 5.41) is 3.24. The highest BCUT2D eigenvalue weighted by Crippen LogP contribution is 2.27. The lowest BCUT2D eigenvalue weighted by Gasteiger charge is -2.23. The van der Waals surface area contributed by atoms with Gasteiger partial charge in [-0.1, -0.05) is 0 Å². The average Bonchev–Trinajstić information content (AvgIpc) is 2.47. The van der Waals surface area contributed by atoms with Crippen LogP contribution in [0.5, 0.6) is 0 Å². The Labute approximate surface area is 124 Å². The molecule has 1 aliphatic rings. The van der Waals surface area contributed by atoms with E-state index in [1.54, 1.807) is 6.07 Å². The maximum absolute atomic E-state index is 13.2. The minimum Gasteiger partial charge on any atom is -0.319 e. The first-order valence-corrected chi connectivity index (χ1v) is 7.43. The lowest BCUT2D eigenvalue weighted by atomic mass is 9.87. The second-order valence-electron chi connectivity index (χ2n) is 5.79. The molecule has 1 heterocycles. The van der Waals surface area contributed by atoms with E-state index in [4.69, 9.17) is 4.98 Å². The van der Waals surface area contributed by atoms with Crippen LogP contribution in [0, 0.1) is 18.7 Å². The van der Waals surface area contributed by atoms with E-state index >= 15 is 0 Å². The van der Waals surface area contributed by atoms with Crippen molar-refractivity contribution < 1.29 is 4.39 Å². The molecule has 0 radical (unpaired) electrons. The van der Waals surface area contributed by atoms with Crippen LogP contribution in [-0.2, 0) is 12.8 Å². The van der Waals surface area contributed by atoms with Crippen molar-refractivity contribution in [3.05, 3.63) is 47.0 Å². The average molecular weight is 285 g/mol. The van der Waals surface area contributed by atoms with Crippen LogP contribution in [0.3, 0.4) is 0 Å². The molecule has 2 aromatic rings. The van der Waals surface area contributed by atoms with Gasteiger partial charge < -0.3 is 5.32 Å². The number of aryl methyl sites for hydroxylation is 2. The van der Waals surface area contributed by atoms with Crippen LogP contribution in [0.15, 0.2) is 24.4 Å². The predicted molar refractivity (Wildman–Crippen MR) is 81.6 cm³/mol. The monoisotopic (exact) mass is 285 g/mol. The van der Waals surface area contributed by atoms with Gasteiger partial charge in [-0.25, -0.2) is 14.4 Å². The van der Waals surface area contributed by atoms with Gasteiger partial charge in [-0.2, -0.15) is 0 Å². The fourth-order valence-electron chi connectivity index (χ4n) is 3.05. The number of hydrogen-bond acceptors (Lipinski definition) is 3. The Balaban J connectivity index is 1.90. The molecule has 1 aromatic carbocycles. The first kappa shape index (κ1) is 14.1. The summed E-state index contributed by atoms with van der Waals surface area (Å²) in [6, 6.07) is 4.76. The van der Waals surface area contributed by atoms with Crippen LogP contribution in [-0.4, -0.2) is 23.6 Å². The van der Waals surface area contributed by atoms with Gasteiger partial charge in [0.15, 0.2) is 5.82 Å². The molecule has 0 spiro atoms. The number of hydrogen-bond donors (Lipinski definition) is 1. The van der Waals surface area contributed by atoms with E-state index in [0.29, 0.717) is 11.7 Å². The molecule has 0 amide bonds. The van der Waals surface area contributed by atoms with Crippen molar-refractivity contribution >= 4 is 0 Å². The zero-order valence-corrected chi connectivity index (χ0v) is 12.5. The lowest BCUT2D eigenvalue weighted by molar-refractivity contribution is 0.434. The molecule has 1 aliphatic carbocycles. The Morgan fingerprint density at radius 3 is 3.00 bits per heavy atom. The molecule has 0 bridgehead atoms. The topological polar surface area (TPSA) is 37.8 Å². The summed E-state index contributed by atoms with van der Waals surface area (Å²) in [6.45, 7) is 2.93. The minimum atomic E-state index is -0.218. The fourth-order valence-corrected chi connectivity index (χ4v) is 3.05. The normalized spacial score (nSPS) is 17.6. The van der Waals surface area contributed by atoms with Gasteiger partial charge in [-0.05, 0) is 75.0 Å². The molecule has 1 aromatic heterocycles. The first-order valence-electron chi connectivity index (χ1n) is 7.43. The zero-order chi connectivity index (χ0) is 14.8. The second-order valence-corrected chi connectivity index (χ2v) is 5.79. The summed E-state index contributed by atoms with van der Waals surface area (Å²) >= 11 is 0. The van der Waals surface area contributed by atoms with Gasteiger partial charge in [-0.15, -0.1) is 0 Å². The molecule has 0 saturated carbocycles. The van der Waals surface area contributed by atoms with Crippen molar-refractivity contribution in [3.63, 3.8) is 0 Å². The van der Waals surface area contributed by atoms with Crippen molar-refractivity contribution in [2.75, 3.05) is 13.6 Å². The number of fused-ring (bicyclic) bond motifs is 1. The maximum atomic E-state index is 13.2. The van der Waals surface area contributed by atoms with Crippen molar-refractivity contribution in [1.29, 1.82) is 0 Å². The smallest absolute Gasteiger partial charge is 0.159 e. The van der Waals surface area contributed by atoms with E-state index in [0.717, 1.165) is 42.6 Å². The van der Waals surface area contributed by atoms with Gasteiger partial charge >= 0.3 is 0 Å². The van der Waals surface area contributed by atoms with Gasteiger partial charge in [0.1, 0.15) is 5.82 Å². The van der Waals surface area contributed by atoms with Gasteiger partial charge in [-0.3, -0.25) is 0 Å². The maximum Gasteiger partial charge on any atom is 0.159 e. The molecule has 1 N–H and O–H groups in total. The number of benzene rings is 1. The van der Waals surface area contributed by atoms with Crippen LogP contribution in [0.1, 0.15) is 23.2 Å².